The van der Waals surface area contributed by atoms with E-state index in [-0.39, 0.29) is 0 Å². The number of rotatable bonds is 6. The lowest BCUT2D eigenvalue weighted by atomic mass is 10.2. The first-order valence-electron chi connectivity index (χ1n) is 10.4. The van der Waals surface area contributed by atoms with Gasteiger partial charge in [0.2, 0.25) is 0 Å². The van der Waals surface area contributed by atoms with Gasteiger partial charge < -0.3 is 9.12 Å². The zero-order valence-electron chi connectivity index (χ0n) is 18.1. The molecule has 0 amide bonds. The van der Waals surface area contributed by atoms with E-state index < -0.39 is 11.3 Å². The van der Waals surface area contributed by atoms with E-state index in [1.54, 1.807) is 54.4 Å². The van der Waals surface area contributed by atoms with E-state index >= 15 is 0 Å². The molecule has 0 N–H and O–H groups in total. The van der Waals surface area contributed by atoms with Crippen LogP contribution in [0, 0.1) is 11.3 Å². The van der Waals surface area contributed by atoms with Gasteiger partial charge >= 0.3 is 0 Å². The standard InChI is InChI=1S/C25H19N5O2S2/c1-29-24-11-9-21(30(34(31)32)20-8-10-22-19(13-20)3-2-12-27-22)14-23(24)28-25(29)33-16-18-6-4-17(15-26)5-7-18/h2-14H,16H2,1H3,(H,31,32)/p-1. The van der Waals surface area contributed by atoms with Crippen LogP contribution in [0.25, 0.3) is 21.9 Å². The summed E-state index contributed by atoms with van der Waals surface area (Å²) in [5.41, 5.74) is 5.17. The van der Waals surface area contributed by atoms with Crippen LogP contribution in [0.4, 0.5) is 11.4 Å². The fourth-order valence-electron chi connectivity index (χ4n) is 3.76. The summed E-state index contributed by atoms with van der Waals surface area (Å²) in [7, 11) is 1.94. The number of pyridine rings is 1. The number of nitrogens with zero attached hydrogens (tertiary/aromatic N) is 5. The molecule has 2 heterocycles. The molecule has 0 bridgehead atoms. The van der Waals surface area contributed by atoms with Crippen LogP contribution in [0.15, 0.2) is 84.1 Å². The quantitative estimate of drug-likeness (QED) is 0.242. The zero-order valence-corrected chi connectivity index (χ0v) is 19.7. The van der Waals surface area contributed by atoms with Crippen molar-refractivity contribution in [1.29, 1.82) is 5.26 Å². The largest absolute Gasteiger partial charge is 0.755 e. The number of aryl methyl sites for hydroxylation is 1. The Balaban J connectivity index is 1.46. The lowest BCUT2D eigenvalue weighted by Crippen LogP contribution is -2.19. The molecule has 5 aromatic rings. The summed E-state index contributed by atoms with van der Waals surface area (Å²) >= 11 is -0.936. The molecule has 5 rings (SSSR count). The summed E-state index contributed by atoms with van der Waals surface area (Å²) in [6.07, 6.45) is 1.71. The molecule has 34 heavy (non-hydrogen) atoms. The van der Waals surface area contributed by atoms with E-state index in [2.05, 4.69) is 11.1 Å². The molecule has 0 saturated heterocycles. The minimum absolute atomic E-state index is 0.505. The van der Waals surface area contributed by atoms with E-state index in [0.717, 1.165) is 27.1 Å². The third-order valence-corrected chi connectivity index (χ3v) is 7.30. The van der Waals surface area contributed by atoms with Gasteiger partial charge in [-0.05, 0) is 60.2 Å². The third-order valence-electron chi connectivity index (χ3n) is 5.48. The van der Waals surface area contributed by atoms with Gasteiger partial charge in [0, 0.05) is 24.4 Å². The molecular formula is C25H18N5O2S2-. The summed E-state index contributed by atoms with van der Waals surface area (Å²) in [5.74, 6) is 0.706. The summed E-state index contributed by atoms with van der Waals surface area (Å²) in [6.45, 7) is 0. The van der Waals surface area contributed by atoms with Gasteiger partial charge in [-0.3, -0.25) is 13.5 Å². The van der Waals surface area contributed by atoms with Crippen molar-refractivity contribution in [3.05, 3.63) is 90.1 Å². The Bertz CT molecular complexity index is 1570. The van der Waals surface area contributed by atoms with Crippen LogP contribution in [-0.2, 0) is 24.1 Å². The molecular weight excluding hydrogens is 466 g/mol. The SMILES string of the molecule is Cn1c(SCc2ccc(C#N)cc2)nc2cc(N(c3ccc4ncccc4c3)S(=O)[O-])ccc21. The van der Waals surface area contributed by atoms with Gasteiger partial charge in [-0.15, -0.1) is 0 Å². The van der Waals surface area contributed by atoms with Gasteiger partial charge in [-0.2, -0.15) is 5.26 Å². The van der Waals surface area contributed by atoms with E-state index in [0.29, 0.717) is 28.2 Å². The Morgan fingerprint density at radius 2 is 1.82 bits per heavy atom. The Morgan fingerprint density at radius 1 is 1.06 bits per heavy atom. The van der Waals surface area contributed by atoms with Gasteiger partial charge in [0.15, 0.2) is 5.16 Å². The first-order chi connectivity index (χ1) is 16.5. The Hall–Kier alpha value is -3.71. The van der Waals surface area contributed by atoms with Crippen LogP contribution in [0.1, 0.15) is 11.1 Å². The van der Waals surface area contributed by atoms with Crippen molar-refractivity contribution in [2.24, 2.45) is 7.05 Å². The molecule has 0 fully saturated rings. The molecule has 3 aromatic carbocycles. The lowest BCUT2D eigenvalue weighted by molar-refractivity contribution is 0.537. The van der Waals surface area contributed by atoms with Gasteiger partial charge in [-0.1, -0.05) is 30.0 Å². The predicted molar refractivity (Wildman–Crippen MR) is 134 cm³/mol. The highest BCUT2D eigenvalue weighted by atomic mass is 32.2. The molecule has 168 valence electrons. The number of anilines is 2. The highest BCUT2D eigenvalue weighted by molar-refractivity contribution is 7.98. The Labute approximate surface area is 203 Å². The van der Waals surface area contributed by atoms with Gasteiger partial charge in [-0.25, -0.2) is 4.98 Å². The molecule has 1 unspecified atom stereocenters. The summed E-state index contributed by atoms with van der Waals surface area (Å²) < 4.78 is 27.7. The first kappa shape index (κ1) is 22.1. The smallest absolute Gasteiger partial charge is 0.169 e. The van der Waals surface area contributed by atoms with Crippen LogP contribution >= 0.6 is 11.8 Å². The zero-order chi connectivity index (χ0) is 23.7. The van der Waals surface area contributed by atoms with Crippen LogP contribution < -0.4 is 4.31 Å². The molecule has 9 heteroatoms. The number of thioether (sulfide) groups is 1. The van der Waals surface area contributed by atoms with Crippen LogP contribution in [0.5, 0.6) is 0 Å². The summed E-state index contributed by atoms with van der Waals surface area (Å²) in [6, 6.07) is 24.1. The number of imidazole rings is 1. The van der Waals surface area contributed by atoms with E-state index in [9.17, 15) is 8.76 Å². The number of aromatic nitrogens is 3. The highest BCUT2D eigenvalue weighted by Crippen LogP contribution is 2.33. The third kappa shape index (κ3) is 4.26. The molecule has 1 atom stereocenters. The van der Waals surface area contributed by atoms with Crippen molar-refractivity contribution in [3.8, 4) is 6.07 Å². The average Bonchev–Trinajstić information content (AvgIpc) is 3.17. The first-order valence-corrected chi connectivity index (χ1v) is 12.4. The molecule has 0 saturated carbocycles. The van der Waals surface area contributed by atoms with Gasteiger partial charge in [0.05, 0.1) is 50.8 Å². The second-order valence-electron chi connectivity index (χ2n) is 7.62. The molecule has 2 aromatic heterocycles. The minimum atomic E-state index is -2.52. The van der Waals surface area contributed by atoms with Crippen molar-refractivity contribution < 1.29 is 8.76 Å². The highest BCUT2D eigenvalue weighted by Gasteiger charge is 2.15. The van der Waals surface area contributed by atoms with Gasteiger partial charge in [0.25, 0.3) is 0 Å². The Morgan fingerprint density at radius 3 is 2.59 bits per heavy atom. The summed E-state index contributed by atoms with van der Waals surface area (Å²) in [4.78, 5) is 9.04. The number of benzene rings is 3. The van der Waals surface area contributed by atoms with Crippen LogP contribution in [-0.4, -0.2) is 23.3 Å². The summed E-state index contributed by atoms with van der Waals surface area (Å²) in [5, 5.41) is 10.6. The minimum Gasteiger partial charge on any atom is -0.755 e. The van der Waals surface area contributed by atoms with E-state index in [1.807, 2.05) is 48.0 Å². The molecule has 0 radical (unpaired) electrons. The van der Waals surface area contributed by atoms with Crippen molar-refractivity contribution >= 4 is 56.3 Å². The van der Waals surface area contributed by atoms with Crippen molar-refractivity contribution in [1.82, 2.24) is 14.5 Å². The fourth-order valence-corrected chi connectivity index (χ4v) is 5.27. The Kier molecular flexibility index (Phi) is 6.02. The van der Waals surface area contributed by atoms with Crippen molar-refractivity contribution in [2.45, 2.75) is 10.9 Å². The maximum Gasteiger partial charge on any atom is 0.169 e. The molecule has 0 aliphatic rings. The number of hydrogen-bond donors (Lipinski definition) is 0. The second kappa shape index (κ2) is 9.27. The number of fused-ring (bicyclic) bond motifs is 2. The molecule has 0 spiro atoms. The molecule has 0 aliphatic carbocycles. The van der Waals surface area contributed by atoms with Crippen molar-refractivity contribution in [3.63, 3.8) is 0 Å². The molecule has 0 aliphatic heterocycles. The van der Waals surface area contributed by atoms with Crippen LogP contribution in [0.2, 0.25) is 0 Å². The number of nitriles is 1. The maximum atomic E-state index is 12.2. The number of hydrogen-bond acceptors (Lipinski definition) is 6. The predicted octanol–water partition coefficient (Wildman–Crippen LogP) is 5.22. The second-order valence-corrected chi connectivity index (χ2v) is 9.36. The van der Waals surface area contributed by atoms with E-state index in [4.69, 9.17) is 10.2 Å². The van der Waals surface area contributed by atoms with Crippen LogP contribution in [0.3, 0.4) is 0 Å². The van der Waals surface area contributed by atoms with E-state index in [1.165, 1.54) is 4.31 Å². The topological polar surface area (TPSA) is 97.9 Å². The van der Waals surface area contributed by atoms with Gasteiger partial charge in [0.1, 0.15) is 0 Å². The van der Waals surface area contributed by atoms with Crippen molar-refractivity contribution in [2.75, 3.05) is 4.31 Å². The molecule has 7 nitrogen and oxygen atoms in total. The lowest BCUT2D eigenvalue weighted by Gasteiger charge is -2.26. The monoisotopic (exact) mass is 484 g/mol. The average molecular weight is 485 g/mol. The fraction of sp³-hybridized carbons (Fsp3) is 0.0800. The maximum absolute atomic E-state index is 12.2. The normalized spacial score (nSPS) is 12.0.